The molecular formula is C29H22O6S. The number of hydrogen-bond acceptors (Lipinski definition) is 7. The van der Waals surface area contributed by atoms with Gasteiger partial charge in [0.05, 0.1) is 5.56 Å². The van der Waals surface area contributed by atoms with Gasteiger partial charge in [0.1, 0.15) is 17.8 Å². The van der Waals surface area contributed by atoms with Crippen molar-refractivity contribution in [2.75, 3.05) is 0 Å². The molecule has 0 amide bonds. The number of fused-ring (bicyclic) bond motifs is 2. The standard InChI is InChI=1S/C29H22O6S/c1-17-7-9-21-19(13-27(30)34-24(21)11-17)15-33-29(32)23-5-3-4-6-26(23)36-16-20-14-28(31)35-25-12-18(2)8-10-22(20)25/h3-14H,15-16H2,1-2H3. The largest absolute Gasteiger partial charge is 0.457 e. The zero-order valence-electron chi connectivity index (χ0n) is 19.7. The fraction of sp³-hybridized carbons (Fsp3) is 0.138. The third-order valence-corrected chi connectivity index (χ3v) is 6.94. The smallest absolute Gasteiger partial charge is 0.339 e. The van der Waals surface area contributed by atoms with E-state index in [9.17, 15) is 14.4 Å². The van der Waals surface area contributed by atoms with Crippen LogP contribution in [0.5, 0.6) is 0 Å². The van der Waals surface area contributed by atoms with E-state index in [1.807, 2.05) is 56.3 Å². The van der Waals surface area contributed by atoms with Crippen LogP contribution in [0.4, 0.5) is 0 Å². The van der Waals surface area contributed by atoms with Crippen LogP contribution in [0.1, 0.15) is 32.6 Å². The molecule has 3 aromatic carbocycles. The average Bonchev–Trinajstić information content (AvgIpc) is 2.85. The highest BCUT2D eigenvalue weighted by Crippen LogP contribution is 2.30. The molecule has 0 unspecified atom stereocenters. The summed E-state index contributed by atoms with van der Waals surface area (Å²) >= 11 is 1.44. The SMILES string of the molecule is Cc1ccc2c(COC(=O)c3ccccc3SCc3cc(=O)oc4cc(C)ccc34)cc(=O)oc2c1. The van der Waals surface area contributed by atoms with E-state index in [4.69, 9.17) is 13.6 Å². The van der Waals surface area contributed by atoms with E-state index >= 15 is 0 Å². The molecule has 0 aliphatic carbocycles. The van der Waals surface area contributed by atoms with Gasteiger partial charge in [0.25, 0.3) is 0 Å². The minimum Gasteiger partial charge on any atom is -0.457 e. The molecule has 0 radical (unpaired) electrons. The maximum absolute atomic E-state index is 13.0. The van der Waals surface area contributed by atoms with E-state index in [1.54, 1.807) is 18.2 Å². The number of carbonyl (C=O) groups is 1. The van der Waals surface area contributed by atoms with Gasteiger partial charge in [-0.2, -0.15) is 0 Å². The van der Waals surface area contributed by atoms with Gasteiger partial charge >= 0.3 is 17.2 Å². The van der Waals surface area contributed by atoms with E-state index < -0.39 is 17.2 Å². The van der Waals surface area contributed by atoms with Gasteiger partial charge in [-0.05, 0) is 54.8 Å². The Morgan fingerprint density at radius 2 is 1.36 bits per heavy atom. The molecule has 2 heterocycles. The molecule has 5 rings (SSSR count). The van der Waals surface area contributed by atoms with Crippen LogP contribution in [-0.2, 0) is 17.1 Å². The molecule has 2 aromatic heterocycles. The van der Waals surface area contributed by atoms with Crippen molar-refractivity contribution in [1.82, 2.24) is 0 Å². The Morgan fingerprint density at radius 3 is 2.03 bits per heavy atom. The highest BCUT2D eigenvalue weighted by Gasteiger charge is 2.16. The first kappa shape index (κ1) is 23.6. The van der Waals surface area contributed by atoms with Gasteiger partial charge in [-0.3, -0.25) is 0 Å². The Balaban J connectivity index is 1.37. The summed E-state index contributed by atoms with van der Waals surface area (Å²) in [7, 11) is 0. The number of benzene rings is 3. The molecule has 180 valence electrons. The number of esters is 1. The number of aryl methyl sites for hydroxylation is 2. The minimum absolute atomic E-state index is 0.0628. The number of ether oxygens (including phenoxy) is 1. The summed E-state index contributed by atoms with van der Waals surface area (Å²) in [6, 6.07) is 21.3. The van der Waals surface area contributed by atoms with Gasteiger partial charge in [0.2, 0.25) is 0 Å². The third-order valence-electron chi connectivity index (χ3n) is 5.82. The summed E-state index contributed by atoms with van der Waals surface area (Å²) in [5, 5.41) is 1.58. The molecule has 7 heteroatoms. The summed E-state index contributed by atoms with van der Waals surface area (Å²) in [5.41, 5.74) is 3.88. The molecule has 36 heavy (non-hydrogen) atoms. The Morgan fingerprint density at radius 1 is 0.778 bits per heavy atom. The Kier molecular flexibility index (Phi) is 6.48. The minimum atomic E-state index is -0.500. The zero-order valence-corrected chi connectivity index (χ0v) is 20.5. The van der Waals surface area contributed by atoms with E-state index in [2.05, 4.69) is 0 Å². The molecular weight excluding hydrogens is 476 g/mol. The maximum Gasteiger partial charge on any atom is 0.339 e. The first-order valence-electron chi connectivity index (χ1n) is 11.3. The zero-order chi connectivity index (χ0) is 25.2. The van der Waals surface area contributed by atoms with Crippen molar-refractivity contribution in [3.63, 3.8) is 0 Å². The second-order valence-electron chi connectivity index (χ2n) is 8.54. The van der Waals surface area contributed by atoms with E-state index in [0.29, 0.717) is 28.0 Å². The second kappa shape index (κ2) is 9.87. The molecule has 5 aromatic rings. The molecule has 6 nitrogen and oxygen atoms in total. The first-order valence-corrected chi connectivity index (χ1v) is 12.3. The van der Waals surface area contributed by atoms with E-state index in [1.165, 1.54) is 23.9 Å². The van der Waals surface area contributed by atoms with Crippen molar-refractivity contribution >= 4 is 39.7 Å². The van der Waals surface area contributed by atoms with Crippen molar-refractivity contribution in [2.45, 2.75) is 31.1 Å². The lowest BCUT2D eigenvalue weighted by Gasteiger charge is -2.11. The lowest BCUT2D eigenvalue weighted by Crippen LogP contribution is -2.09. The highest BCUT2D eigenvalue weighted by atomic mass is 32.2. The first-order chi connectivity index (χ1) is 17.4. The molecule has 0 saturated heterocycles. The normalized spacial score (nSPS) is 11.2. The van der Waals surface area contributed by atoms with Crippen molar-refractivity contribution in [3.8, 4) is 0 Å². The molecule has 0 bridgehead atoms. The van der Waals surface area contributed by atoms with Crippen LogP contribution in [0, 0.1) is 13.8 Å². The summed E-state index contributed by atoms with van der Waals surface area (Å²) in [5.74, 6) is -0.0289. The monoisotopic (exact) mass is 498 g/mol. The van der Waals surface area contributed by atoms with Gasteiger partial charge in [-0.15, -0.1) is 11.8 Å². The van der Waals surface area contributed by atoms with Crippen LogP contribution in [0.3, 0.4) is 0 Å². The molecule has 0 fully saturated rings. The summed E-state index contributed by atoms with van der Waals surface area (Å²) in [4.78, 5) is 37.8. The molecule has 0 atom stereocenters. The van der Waals surface area contributed by atoms with Crippen LogP contribution in [-0.4, -0.2) is 5.97 Å². The topological polar surface area (TPSA) is 86.7 Å². The van der Waals surface area contributed by atoms with Crippen LogP contribution >= 0.6 is 11.8 Å². The van der Waals surface area contributed by atoms with E-state index in [-0.39, 0.29) is 6.61 Å². The fourth-order valence-corrected chi connectivity index (χ4v) is 5.08. The maximum atomic E-state index is 13.0. The van der Waals surface area contributed by atoms with Crippen LogP contribution in [0.2, 0.25) is 0 Å². The van der Waals surface area contributed by atoms with Crippen molar-refractivity contribution in [1.29, 1.82) is 0 Å². The van der Waals surface area contributed by atoms with Gasteiger partial charge in [0.15, 0.2) is 0 Å². The van der Waals surface area contributed by atoms with E-state index in [0.717, 1.165) is 32.4 Å². The van der Waals surface area contributed by atoms with Crippen LogP contribution in [0.25, 0.3) is 21.9 Å². The molecule has 0 N–H and O–H groups in total. The number of hydrogen-bond donors (Lipinski definition) is 0. The van der Waals surface area contributed by atoms with Gasteiger partial charge in [-0.25, -0.2) is 14.4 Å². The van der Waals surface area contributed by atoms with Crippen molar-refractivity contribution < 1.29 is 18.4 Å². The summed E-state index contributed by atoms with van der Waals surface area (Å²) in [6.07, 6.45) is 0. The third kappa shape index (κ3) is 4.97. The van der Waals surface area contributed by atoms with Gasteiger partial charge < -0.3 is 13.6 Å². The Bertz CT molecular complexity index is 1730. The summed E-state index contributed by atoms with van der Waals surface area (Å²) < 4.78 is 16.2. The molecule has 0 aliphatic heterocycles. The van der Waals surface area contributed by atoms with Gasteiger partial charge in [-0.1, -0.05) is 36.4 Å². The fourth-order valence-electron chi connectivity index (χ4n) is 4.05. The number of rotatable bonds is 6. The molecule has 0 aliphatic rings. The molecule has 0 saturated carbocycles. The lowest BCUT2D eigenvalue weighted by molar-refractivity contribution is 0.0469. The van der Waals surface area contributed by atoms with Crippen molar-refractivity contribution in [2.24, 2.45) is 0 Å². The van der Waals surface area contributed by atoms with Crippen LogP contribution in [0.15, 0.2) is 96.1 Å². The Labute approximate surface area is 210 Å². The second-order valence-corrected chi connectivity index (χ2v) is 9.56. The van der Waals surface area contributed by atoms with Crippen LogP contribution < -0.4 is 11.3 Å². The highest BCUT2D eigenvalue weighted by molar-refractivity contribution is 7.98. The predicted octanol–water partition coefficient (Wildman–Crippen LogP) is 6.17. The summed E-state index contributed by atoms with van der Waals surface area (Å²) in [6.45, 7) is 3.79. The number of thioether (sulfide) groups is 1. The average molecular weight is 499 g/mol. The number of carbonyl (C=O) groups excluding carboxylic acids is 1. The Hall–Kier alpha value is -4.10. The van der Waals surface area contributed by atoms with Gasteiger partial charge in [0, 0.05) is 39.1 Å². The quantitative estimate of drug-likeness (QED) is 0.157. The predicted molar refractivity (Wildman–Crippen MR) is 140 cm³/mol. The lowest BCUT2D eigenvalue weighted by atomic mass is 10.1. The van der Waals surface area contributed by atoms with Crippen molar-refractivity contribution in [3.05, 3.63) is 121 Å². The molecule has 0 spiro atoms.